The molecule has 0 aromatic rings. The van der Waals surface area contributed by atoms with E-state index >= 15 is 0 Å². The number of esters is 1. The van der Waals surface area contributed by atoms with E-state index in [2.05, 4.69) is 10.1 Å². The maximum atomic E-state index is 11.6. The molecule has 0 aromatic heterocycles. The van der Waals surface area contributed by atoms with E-state index in [9.17, 15) is 9.59 Å². The Kier molecular flexibility index (Phi) is 6.11. The van der Waals surface area contributed by atoms with Gasteiger partial charge in [0.05, 0.1) is 0 Å². The molecule has 1 unspecified atom stereocenters. The van der Waals surface area contributed by atoms with E-state index in [0.717, 1.165) is 0 Å². The summed E-state index contributed by atoms with van der Waals surface area (Å²) in [5, 5.41) is 11.4. The maximum absolute atomic E-state index is 11.6. The number of ether oxygens (including phenoxy) is 2. The molecule has 0 aliphatic rings. The Morgan fingerprint density at radius 3 is 2.00 bits per heavy atom. The molecule has 0 heterocycles. The monoisotopic (exact) mass is 261 g/mol. The van der Waals surface area contributed by atoms with Gasteiger partial charge in [0.2, 0.25) is 0 Å². The zero-order chi connectivity index (χ0) is 14.5. The van der Waals surface area contributed by atoms with Crippen LogP contribution in [-0.4, -0.2) is 35.1 Å². The molecule has 0 fully saturated rings. The average Bonchev–Trinajstić information content (AvgIpc) is 2.09. The lowest BCUT2D eigenvalue weighted by Crippen LogP contribution is -2.47. The van der Waals surface area contributed by atoms with E-state index in [1.165, 1.54) is 6.92 Å². The Hall–Kier alpha value is -1.30. The van der Waals surface area contributed by atoms with Gasteiger partial charge in [-0.05, 0) is 33.6 Å². The molecule has 0 spiro atoms. The number of carbonyl (C=O) groups is 2. The minimum Gasteiger partial charge on any atom is -0.444 e. The highest BCUT2D eigenvalue weighted by molar-refractivity contribution is 5.81. The molecule has 2 N–H and O–H groups in total. The van der Waals surface area contributed by atoms with Crippen LogP contribution in [0.3, 0.4) is 0 Å². The smallest absolute Gasteiger partial charge is 0.408 e. The molecule has 0 saturated heterocycles. The first-order valence-electron chi connectivity index (χ1n) is 5.91. The van der Waals surface area contributed by atoms with Gasteiger partial charge in [0.15, 0.2) is 6.29 Å². The fourth-order valence-corrected chi connectivity index (χ4v) is 1.17. The van der Waals surface area contributed by atoms with Crippen molar-refractivity contribution in [2.45, 2.75) is 59.5 Å². The van der Waals surface area contributed by atoms with Crippen molar-refractivity contribution in [2.75, 3.05) is 0 Å². The molecule has 0 saturated carbocycles. The van der Waals surface area contributed by atoms with E-state index < -0.39 is 30.0 Å². The van der Waals surface area contributed by atoms with Gasteiger partial charge in [0.1, 0.15) is 11.6 Å². The molecule has 0 aliphatic heterocycles. The summed E-state index contributed by atoms with van der Waals surface area (Å²) in [5.74, 6) is -0.866. The highest BCUT2D eigenvalue weighted by Gasteiger charge is 2.28. The van der Waals surface area contributed by atoms with Crippen molar-refractivity contribution in [3.63, 3.8) is 0 Å². The Morgan fingerprint density at radius 2 is 1.67 bits per heavy atom. The van der Waals surface area contributed by atoms with Crippen molar-refractivity contribution in [3.8, 4) is 0 Å². The lowest BCUT2D eigenvalue weighted by Gasteiger charge is -2.25. The van der Waals surface area contributed by atoms with Gasteiger partial charge in [-0.3, -0.25) is 0 Å². The van der Waals surface area contributed by atoms with Gasteiger partial charge in [-0.2, -0.15) is 0 Å². The maximum Gasteiger partial charge on any atom is 0.408 e. The first-order valence-corrected chi connectivity index (χ1v) is 5.91. The van der Waals surface area contributed by atoms with Gasteiger partial charge in [-0.15, -0.1) is 0 Å². The van der Waals surface area contributed by atoms with Gasteiger partial charge in [0.25, 0.3) is 0 Å². The van der Waals surface area contributed by atoms with E-state index in [1.807, 2.05) is 0 Å². The number of nitrogens with one attached hydrogen (secondary N) is 1. The third-order valence-corrected chi connectivity index (χ3v) is 1.88. The third kappa shape index (κ3) is 7.11. The number of hydrogen-bond acceptors (Lipinski definition) is 5. The van der Waals surface area contributed by atoms with Crippen molar-refractivity contribution in [3.05, 3.63) is 0 Å². The normalized spacial score (nSPS) is 14.9. The average molecular weight is 261 g/mol. The third-order valence-electron chi connectivity index (χ3n) is 1.88. The summed E-state index contributed by atoms with van der Waals surface area (Å²) in [5.41, 5.74) is -0.639. The first-order chi connectivity index (χ1) is 8.03. The topological polar surface area (TPSA) is 84.9 Å². The SMILES string of the molecule is CC(O)OC(=O)[C@@H](NC(=O)OC(C)(C)C)C(C)C. The minimum absolute atomic E-state index is 0.177. The zero-order valence-electron chi connectivity index (χ0n) is 11.8. The van der Waals surface area contributed by atoms with Crippen LogP contribution in [0.5, 0.6) is 0 Å². The quantitative estimate of drug-likeness (QED) is 0.590. The number of aliphatic hydroxyl groups excluding tert-OH is 1. The van der Waals surface area contributed by atoms with Gasteiger partial charge in [0, 0.05) is 0 Å². The van der Waals surface area contributed by atoms with E-state index in [0.29, 0.717) is 0 Å². The van der Waals surface area contributed by atoms with E-state index in [1.54, 1.807) is 34.6 Å². The number of carbonyl (C=O) groups excluding carboxylic acids is 2. The van der Waals surface area contributed by atoms with Crippen molar-refractivity contribution >= 4 is 12.1 Å². The van der Waals surface area contributed by atoms with Crippen molar-refractivity contribution in [2.24, 2.45) is 5.92 Å². The van der Waals surface area contributed by atoms with Crippen LogP contribution in [0.15, 0.2) is 0 Å². The highest BCUT2D eigenvalue weighted by Crippen LogP contribution is 2.10. The molecule has 0 aromatic carbocycles. The molecule has 18 heavy (non-hydrogen) atoms. The molecule has 2 atom stereocenters. The lowest BCUT2D eigenvalue weighted by molar-refractivity contribution is -0.168. The molecule has 0 rings (SSSR count). The van der Waals surface area contributed by atoms with Crippen LogP contribution in [0, 0.1) is 5.92 Å². The Bertz CT molecular complexity index is 293. The Labute approximate surface area is 108 Å². The second-order valence-corrected chi connectivity index (χ2v) is 5.40. The second-order valence-electron chi connectivity index (χ2n) is 5.40. The molecular formula is C12H23NO5. The highest BCUT2D eigenvalue weighted by atomic mass is 16.6. The number of rotatable bonds is 4. The summed E-state index contributed by atoms with van der Waals surface area (Å²) in [6.07, 6.45) is -1.90. The molecule has 0 radical (unpaired) electrons. The molecule has 6 heteroatoms. The predicted molar refractivity (Wildman–Crippen MR) is 65.8 cm³/mol. The molecular weight excluding hydrogens is 238 g/mol. The van der Waals surface area contributed by atoms with Gasteiger partial charge >= 0.3 is 12.1 Å². The number of aliphatic hydroxyl groups is 1. The van der Waals surface area contributed by atoms with Crippen molar-refractivity contribution in [1.29, 1.82) is 0 Å². The molecule has 106 valence electrons. The van der Waals surface area contributed by atoms with Crippen LogP contribution in [0.1, 0.15) is 41.5 Å². The summed E-state index contributed by atoms with van der Waals surface area (Å²) in [4.78, 5) is 23.2. The van der Waals surface area contributed by atoms with Crippen LogP contribution in [-0.2, 0) is 14.3 Å². The van der Waals surface area contributed by atoms with Crippen LogP contribution < -0.4 is 5.32 Å². The Balaban J connectivity index is 4.54. The van der Waals surface area contributed by atoms with Gasteiger partial charge in [-0.25, -0.2) is 9.59 Å². The van der Waals surface area contributed by atoms with Crippen molar-refractivity contribution in [1.82, 2.24) is 5.32 Å². The zero-order valence-corrected chi connectivity index (χ0v) is 11.8. The van der Waals surface area contributed by atoms with Crippen LogP contribution in [0.2, 0.25) is 0 Å². The fourth-order valence-electron chi connectivity index (χ4n) is 1.17. The summed E-state index contributed by atoms with van der Waals surface area (Å²) in [7, 11) is 0. The summed E-state index contributed by atoms with van der Waals surface area (Å²) in [6, 6.07) is -0.852. The van der Waals surface area contributed by atoms with Crippen LogP contribution in [0.25, 0.3) is 0 Å². The molecule has 6 nitrogen and oxygen atoms in total. The predicted octanol–water partition coefficient (Wildman–Crippen LogP) is 1.42. The van der Waals surface area contributed by atoms with Crippen molar-refractivity contribution < 1.29 is 24.2 Å². The molecule has 0 bridgehead atoms. The van der Waals surface area contributed by atoms with Crippen LogP contribution >= 0.6 is 0 Å². The minimum atomic E-state index is -1.21. The van der Waals surface area contributed by atoms with E-state index in [4.69, 9.17) is 9.84 Å². The second kappa shape index (κ2) is 6.58. The number of alkyl carbamates (subject to hydrolysis) is 1. The van der Waals surface area contributed by atoms with Gasteiger partial charge in [-0.1, -0.05) is 13.8 Å². The summed E-state index contributed by atoms with van der Waals surface area (Å²) in [6.45, 7) is 10.0. The standard InChI is InChI=1S/C12H23NO5/c1-7(2)9(10(15)17-8(3)14)13-11(16)18-12(4,5)6/h7-9,14H,1-6H3,(H,13,16)/t8?,9-/m0/s1. The largest absolute Gasteiger partial charge is 0.444 e. The first kappa shape index (κ1) is 16.7. The summed E-state index contributed by atoms with van der Waals surface area (Å²) >= 11 is 0. The fraction of sp³-hybridized carbons (Fsp3) is 0.833. The molecule has 0 aliphatic carbocycles. The number of hydrogen-bond donors (Lipinski definition) is 2. The summed E-state index contributed by atoms with van der Waals surface area (Å²) < 4.78 is 9.70. The Morgan fingerprint density at radius 1 is 1.17 bits per heavy atom. The number of amides is 1. The van der Waals surface area contributed by atoms with Crippen LogP contribution in [0.4, 0.5) is 4.79 Å². The molecule has 1 amide bonds. The lowest BCUT2D eigenvalue weighted by atomic mass is 10.1. The van der Waals surface area contributed by atoms with Gasteiger partial charge < -0.3 is 19.9 Å². The van der Waals surface area contributed by atoms with E-state index in [-0.39, 0.29) is 5.92 Å².